The maximum atomic E-state index is 12.7. The van der Waals surface area contributed by atoms with Crippen molar-refractivity contribution in [3.8, 4) is 0 Å². The first-order chi connectivity index (χ1) is 16.3. The summed E-state index contributed by atoms with van der Waals surface area (Å²) in [5.41, 5.74) is 3.50. The standard InChI is InChI=1S/C28H33N3O3/c1-28(2,3)34-27(33)23-15-11-21(12-16-23)20-9-13-22(14-10-20)26(32)29-25-18-24(30-31-25)17-19-7-5-4-6-8-19/h4-10,13-14,21,23H,11-12,15-18H2,1-3H3,(H,29,31,32). The van der Waals surface area contributed by atoms with Crippen molar-refractivity contribution in [3.63, 3.8) is 0 Å². The van der Waals surface area contributed by atoms with Crippen molar-refractivity contribution in [2.75, 3.05) is 0 Å². The molecular weight excluding hydrogens is 426 g/mol. The normalized spacial score (nSPS) is 20.3. The highest BCUT2D eigenvalue weighted by atomic mass is 16.6. The molecule has 1 aliphatic carbocycles. The lowest BCUT2D eigenvalue weighted by atomic mass is 9.78. The monoisotopic (exact) mass is 459 g/mol. The van der Waals surface area contributed by atoms with E-state index in [4.69, 9.17) is 4.74 Å². The predicted octanol–water partition coefficient (Wildman–Crippen LogP) is 5.43. The molecule has 0 bridgehead atoms. The van der Waals surface area contributed by atoms with Gasteiger partial charge in [-0.3, -0.25) is 9.59 Å². The number of esters is 1. The second kappa shape index (κ2) is 10.3. The van der Waals surface area contributed by atoms with Gasteiger partial charge in [-0.1, -0.05) is 42.5 Å². The van der Waals surface area contributed by atoms with Crippen LogP contribution in [0.5, 0.6) is 0 Å². The number of amides is 1. The molecule has 0 radical (unpaired) electrons. The zero-order valence-electron chi connectivity index (χ0n) is 20.2. The number of benzene rings is 2. The van der Waals surface area contributed by atoms with Gasteiger partial charge in [0.25, 0.3) is 5.91 Å². The molecule has 6 nitrogen and oxygen atoms in total. The Bertz CT molecular complexity index is 1070. The van der Waals surface area contributed by atoms with E-state index < -0.39 is 5.60 Å². The maximum Gasteiger partial charge on any atom is 0.309 e. The molecule has 0 spiro atoms. The largest absolute Gasteiger partial charge is 0.460 e. The fraction of sp³-hybridized carbons (Fsp3) is 0.429. The summed E-state index contributed by atoms with van der Waals surface area (Å²) in [7, 11) is 0. The first-order valence-electron chi connectivity index (χ1n) is 12.1. The number of carbonyl (C=O) groups is 2. The Balaban J connectivity index is 1.25. The van der Waals surface area contributed by atoms with Crippen LogP contribution in [-0.4, -0.2) is 29.0 Å². The van der Waals surface area contributed by atoms with Crippen molar-refractivity contribution in [1.29, 1.82) is 0 Å². The average Bonchev–Trinajstić information content (AvgIpc) is 3.25. The molecule has 4 rings (SSSR count). The highest BCUT2D eigenvalue weighted by molar-refractivity contribution is 6.14. The van der Waals surface area contributed by atoms with Crippen LogP contribution in [0.15, 0.2) is 64.8 Å². The summed E-state index contributed by atoms with van der Waals surface area (Å²) in [5.74, 6) is 0.727. The summed E-state index contributed by atoms with van der Waals surface area (Å²) < 4.78 is 5.55. The molecule has 2 aromatic carbocycles. The van der Waals surface area contributed by atoms with E-state index in [0.29, 0.717) is 23.7 Å². The number of hydrogen-bond acceptors (Lipinski definition) is 5. The zero-order chi connectivity index (χ0) is 24.1. The van der Waals surface area contributed by atoms with Crippen molar-refractivity contribution >= 4 is 23.4 Å². The van der Waals surface area contributed by atoms with Crippen LogP contribution in [0, 0.1) is 5.92 Å². The lowest BCUT2D eigenvalue weighted by Gasteiger charge is -2.30. The molecule has 6 heteroatoms. The fourth-order valence-corrected chi connectivity index (χ4v) is 4.55. The van der Waals surface area contributed by atoms with Gasteiger partial charge in [-0.15, -0.1) is 5.10 Å². The average molecular weight is 460 g/mol. The number of carbonyl (C=O) groups excluding carboxylic acids is 2. The molecule has 1 saturated carbocycles. The summed E-state index contributed by atoms with van der Waals surface area (Å²) in [6.07, 6.45) is 4.87. The molecule has 1 fully saturated rings. The fourth-order valence-electron chi connectivity index (χ4n) is 4.55. The predicted molar refractivity (Wildman–Crippen MR) is 134 cm³/mol. The highest BCUT2D eigenvalue weighted by Crippen LogP contribution is 2.36. The SMILES string of the molecule is CC(C)(C)OC(=O)C1CCC(c2ccc(C(=O)NC3=NN=C(Cc4ccccc4)C3)cc2)CC1. The van der Waals surface area contributed by atoms with E-state index in [9.17, 15) is 9.59 Å². The van der Waals surface area contributed by atoms with Gasteiger partial charge in [-0.05, 0) is 75.6 Å². The first-order valence-corrected chi connectivity index (χ1v) is 12.1. The van der Waals surface area contributed by atoms with Crippen LogP contribution in [-0.2, 0) is 16.0 Å². The van der Waals surface area contributed by atoms with Gasteiger partial charge in [0.2, 0.25) is 0 Å². The number of nitrogens with zero attached hydrogens (tertiary/aromatic N) is 2. The van der Waals surface area contributed by atoms with Crippen LogP contribution in [0.3, 0.4) is 0 Å². The van der Waals surface area contributed by atoms with E-state index >= 15 is 0 Å². The molecule has 1 heterocycles. The molecule has 178 valence electrons. The minimum Gasteiger partial charge on any atom is -0.460 e. The Labute approximate surface area is 201 Å². The van der Waals surface area contributed by atoms with Crippen molar-refractivity contribution in [2.45, 2.75) is 70.8 Å². The highest BCUT2D eigenvalue weighted by Gasteiger charge is 2.30. The second-order valence-corrected chi connectivity index (χ2v) is 10.2. The van der Waals surface area contributed by atoms with Gasteiger partial charge < -0.3 is 10.1 Å². The summed E-state index contributed by atoms with van der Waals surface area (Å²) in [6.45, 7) is 5.72. The van der Waals surface area contributed by atoms with Crippen LogP contribution in [0.2, 0.25) is 0 Å². The molecule has 0 aromatic heterocycles. The third kappa shape index (κ3) is 6.40. The zero-order valence-corrected chi connectivity index (χ0v) is 20.2. The van der Waals surface area contributed by atoms with Gasteiger partial charge in [0, 0.05) is 18.4 Å². The van der Waals surface area contributed by atoms with E-state index in [1.807, 2.05) is 63.2 Å². The van der Waals surface area contributed by atoms with E-state index in [1.54, 1.807) is 0 Å². The molecule has 0 saturated heterocycles. The lowest BCUT2D eigenvalue weighted by molar-refractivity contribution is -0.161. The van der Waals surface area contributed by atoms with Crippen LogP contribution >= 0.6 is 0 Å². The van der Waals surface area contributed by atoms with E-state index in [2.05, 4.69) is 27.7 Å². The summed E-state index contributed by atoms with van der Waals surface area (Å²) in [4.78, 5) is 25.0. The third-order valence-electron chi connectivity index (χ3n) is 6.30. The number of amidine groups is 1. The summed E-state index contributed by atoms with van der Waals surface area (Å²) in [6, 6.07) is 17.9. The molecule has 0 atom stereocenters. The maximum absolute atomic E-state index is 12.7. The Morgan fingerprint density at radius 1 is 0.941 bits per heavy atom. The molecule has 0 unspecified atom stereocenters. The van der Waals surface area contributed by atoms with E-state index in [-0.39, 0.29) is 17.8 Å². The molecule has 1 aliphatic heterocycles. The Hall–Kier alpha value is -3.28. The minimum absolute atomic E-state index is 0.0123. The molecule has 34 heavy (non-hydrogen) atoms. The topological polar surface area (TPSA) is 80.1 Å². The van der Waals surface area contributed by atoms with Gasteiger partial charge in [0.15, 0.2) is 0 Å². The van der Waals surface area contributed by atoms with Gasteiger partial charge >= 0.3 is 5.97 Å². The second-order valence-electron chi connectivity index (χ2n) is 10.2. The third-order valence-corrected chi connectivity index (χ3v) is 6.30. The minimum atomic E-state index is -0.440. The Morgan fingerprint density at radius 2 is 1.62 bits per heavy atom. The lowest BCUT2D eigenvalue weighted by Crippen LogP contribution is -2.31. The van der Waals surface area contributed by atoms with Crippen LogP contribution in [0.25, 0.3) is 0 Å². The number of hydrogen-bond donors (Lipinski definition) is 1. The van der Waals surface area contributed by atoms with Gasteiger partial charge in [-0.25, -0.2) is 0 Å². The molecule has 2 aromatic rings. The van der Waals surface area contributed by atoms with Gasteiger partial charge in [-0.2, -0.15) is 5.10 Å². The van der Waals surface area contributed by atoms with Crippen molar-refractivity contribution in [1.82, 2.24) is 5.32 Å². The van der Waals surface area contributed by atoms with Gasteiger partial charge in [0.1, 0.15) is 11.4 Å². The number of rotatable bonds is 5. The molecule has 1 N–H and O–H groups in total. The number of nitrogens with one attached hydrogen (secondary N) is 1. The number of ether oxygens (including phenoxy) is 1. The Morgan fingerprint density at radius 3 is 2.26 bits per heavy atom. The van der Waals surface area contributed by atoms with E-state index in [1.165, 1.54) is 11.1 Å². The summed E-state index contributed by atoms with van der Waals surface area (Å²) >= 11 is 0. The van der Waals surface area contributed by atoms with Crippen molar-refractivity contribution < 1.29 is 14.3 Å². The van der Waals surface area contributed by atoms with Crippen molar-refractivity contribution in [2.24, 2.45) is 16.1 Å². The molecular formula is C28H33N3O3. The summed E-state index contributed by atoms with van der Waals surface area (Å²) in [5, 5.41) is 11.3. The van der Waals surface area contributed by atoms with Crippen molar-refractivity contribution in [3.05, 3.63) is 71.3 Å². The smallest absolute Gasteiger partial charge is 0.309 e. The molecule has 1 amide bonds. The van der Waals surface area contributed by atoms with Crippen LogP contribution in [0.1, 0.15) is 80.3 Å². The quantitative estimate of drug-likeness (QED) is 0.605. The first kappa shape index (κ1) is 23.9. The molecule has 2 aliphatic rings. The van der Waals surface area contributed by atoms with Crippen LogP contribution in [0.4, 0.5) is 0 Å². The van der Waals surface area contributed by atoms with Gasteiger partial charge in [0.05, 0.1) is 11.6 Å². The Kier molecular flexibility index (Phi) is 7.25. The van der Waals surface area contributed by atoms with E-state index in [0.717, 1.165) is 37.8 Å². The van der Waals surface area contributed by atoms with Crippen LogP contribution < -0.4 is 5.32 Å².